The minimum absolute atomic E-state index is 0.0270. The van der Waals surface area contributed by atoms with Crippen molar-refractivity contribution in [3.8, 4) is 10.4 Å². The summed E-state index contributed by atoms with van der Waals surface area (Å²) < 4.78 is 0. The van der Waals surface area contributed by atoms with Crippen LogP contribution in [0.5, 0.6) is 0 Å². The molecule has 4 heterocycles. The van der Waals surface area contributed by atoms with Crippen LogP contribution in [-0.2, 0) is 20.9 Å². The number of nitrogens with one attached hydrogen (secondary N) is 6. The highest BCUT2D eigenvalue weighted by Crippen LogP contribution is 2.33. The molecule has 3 aromatic carbocycles. The first kappa shape index (κ1) is 41.3. The minimum atomic E-state index is -1.01. The Labute approximate surface area is 348 Å². The van der Waals surface area contributed by atoms with Crippen molar-refractivity contribution in [3.63, 3.8) is 0 Å². The first-order chi connectivity index (χ1) is 28.5. The van der Waals surface area contributed by atoms with Crippen molar-refractivity contribution in [2.75, 3.05) is 30.3 Å². The van der Waals surface area contributed by atoms with Gasteiger partial charge in [-0.2, -0.15) is 0 Å². The smallest absolute Gasteiger partial charge is 0.264 e. The van der Waals surface area contributed by atoms with Crippen molar-refractivity contribution in [3.05, 3.63) is 105 Å². The largest absolute Gasteiger partial charge is 0.384 e. The average molecular weight is 818 g/mol. The lowest BCUT2D eigenvalue weighted by Crippen LogP contribution is -2.54. The highest BCUT2D eigenvalue weighted by molar-refractivity contribution is 7.15. The van der Waals surface area contributed by atoms with Crippen molar-refractivity contribution in [2.24, 2.45) is 0 Å². The number of unbranched alkanes of at least 4 members (excludes halogenated alkanes) is 2. The molecule has 308 valence electrons. The van der Waals surface area contributed by atoms with Crippen LogP contribution in [0.25, 0.3) is 10.4 Å². The molecule has 0 aliphatic carbocycles. The fourth-order valence-electron chi connectivity index (χ4n) is 7.85. The predicted octanol–water partition coefficient (Wildman–Crippen LogP) is 6.07. The number of hydrogen-bond donors (Lipinski definition) is 6. The molecule has 14 heteroatoms. The zero-order valence-corrected chi connectivity index (χ0v) is 34.3. The molecular weight excluding hydrogens is 767 g/mol. The molecule has 2 fully saturated rings. The number of rotatable bonds is 16. The topological polar surface area (TPSA) is 178 Å². The predicted molar refractivity (Wildman–Crippen MR) is 228 cm³/mol. The lowest BCUT2D eigenvalue weighted by atomic mass is 10.0. The average Bonchev–Trinajstić information content (AvgIpc) is 3.81. The van der Waals surface area contributed by atoms with Gasteiger partial charge in [-0.1, -0.05) is 36.8 Å². The Hall–Kier alpha value is -5.86. The van der Waals surface area contributed by atoms with Gasteiger partial charge in [0.15, 0.2) is 0 Å². The summed E-state index contributed by atoms with van der Waals surface area (Å²) in [4.78, 5) is 79.6. The number of amides is 6. The van der Waals surface area contributed by atoms with Gasteiger partial charge in [0.25, 0.3) is 17.7 Å². The molecule has 4 aromatic rings. The van der Waals surface area contributed by atoms with E-state index in [1.807, 2.05) is 50.2 Å². The van der Waals surface area contributed by atoms with Crippen LogP contribution in [-0.4, -0.2) is 72.1 Å². The van der Waals surface area contributed by atoms with Gasteiger partial charge in [0, 0.05) is 52.1 Å². The van der Waals surface area contributed by atoms with Crippen LogP contribution in [0.2, 0.25) is 0 Å². The number of aryl methyl sites for hydroxylation is 1. The summed E-state index contributed by atoms with van der Waals surface area (Å²) in [5.41, 5.74) is 5.60. The Morgan fingerprint density at radius 3 is 2.53 bits per heavy atom. The van der Waals surface area contributed by atoms with Gasteiger partial charge in [-0.05, 0) is 118 Å². The van der Waals surface area contributed by atoms with Gasteiger partial charge in [0.2, 0.25) is 17.7 Å². The fraction of sp³-hybridized carbons (Fsp3) is 0.378. The quantitative estimate of drug-likeness (QED) is 0.0579. The second kappa shape index (κ2) is 18.8. The van der Waals surface area contributed by atoms with Crippen LogP contribution in [0.3, 0.4) is 0 Å². The number of hydrogen-bond acceptors (Lipinski definition) is 10. The summed E-state index contributed by atoms with van der Waals surface area (Å²) in [5.74, 6) is -2.27. The number of imide groups is 2. The number of carbonyl (C=O) groups excluding carboxylic acids is 6. The minimum Gasteiger partial charge on any atom is -0.384 e. The number of fused-ring (bicyclic) bond motifs is 1. The van der Waals surface area contributed by atoms with Crippen LogP contribution in [0.1, 0.15) is 111 Å². The molecule has 0 radical (unpaired) electrons. The number of thiophene rings is 1. The Bertz CT molecular complexity index is 2250. The third kappa shape index (κ3) is 9.89. The summed E-state index contributed by atoms with van der Waals surface area (Å²) in [6, 6.07) is 22.4. The summed E-state index contributed by atoms with van der Waals surface area (Å²) >= 11 is 1.62. The number of piperidine rings is 2. The molecular formula is C45H51N7O6S. The van der Waals surface area contributed by atoms with E-state index < -0.39 is 29.7 Å². The van der Waals surface area contributed by atoms with Gasteiger partial charge in [0.1, 0.15) is 6.04 Å². The number of anilines is 2. The third-order valence-electron chi connectivity index (χ3n) is 11.2. The Morgan fingerprint density at radius 1 is 0.898 bits per heavy atom. The maximum Gasteiger partial charge on any atom is 0.264 e. The molecule has 3 aliphatic rings. The molecule has 1 aromatic heterocycles. The van der Waals surface area contributed by atoms with E-state index in [4.69, 9.17) is 0 Å². The summed E-state index contributed by atoms with van der Waals surface area (Å²) in [6.07, 6.45) is 4.88. The van der Waals surface area contributed by atoms with Gasteiger partial charge in [0.05, 0.1) is 23.7 Å². The summed E-state index contributed by atoms with van der Waals surface area (Å²) in [7, 11) is 0. The zero-order chi connectivity index (χ0) is 41.5. The van der Waals surface area contributed by atoms with Crippen molar-refractivity contribution in [1.82, 2.24) is 26.2 Å². The lowest BCUT2D eigenvalue weighted by Gasteiger charge is -2.27. The zero-order valence-electron chi connectivity index (χ0n) is 33.5. The second-order valence-corrected chi connectivity index (χ2v) is 16.6. The maximum absolute atomic E-state index is 13.4. The van der Waals surface area contributed by atoms with E-state index in [0.29, 0.717) is 43.2 Å². The van der Waals surface area contributed by atoms with Gasteiger partial charge in [-0.25, -0.2) is 0 Å². The van der Waals surface area contributed by atoms with Crippen LogP contribution < -0.4 is 31.9 Å². The SMILES string of the molecule is Cc1ccc(NC2CCNCC2)cc1C(=O)N[C@H](C)c1cccc(-c2ccc(CNC(=O)CCCCCNc3cccc4c3C(=O)N(C3CCC(=O)NC3=O)C4=O)s2)c1. The summed E-state index contributed by atoms with van der Waals surface area (Å²) in [5, 5.41) is 18.7. The van der Waals surface area contributed by atoms with Crippen LogP contribution >= 0.6 is 11.3 Å². The highest BCUT2D eigenvalue weighted by atomic mass is 32.1. The molecule has 0 bridgehead atoms. The maximum atomic E-state index is 13.4. The third-order valence-corrected chi connectivity index (χ3v) is 12.3. The van der Waals surface area contributed by atoms with E-state index >= 15 is 0 Å². The van der Waals surface area contributed by atoms with E-state index in [-0.39, 0.29) is 41.8 Å². The standard InChI is InChI=1S/C45H51N7O6S/c1-27-13-14-32(50-31-19-22-46-23-20-31)25-35(27)42(55)49-28(2)29-8-6-9-30(24-29)38-17-15-33(59-38)26-48-39(53)12-4-3-5-21-47-36-11-7-10-34-41(36)45(58)52(44(34)57)37-16-18-40(54)51-43(37)56/h6-11,13-15,17,24-25,28,31,37,46-47,50H,3-5,12,16,18-23,26H2,1-2H3,(H,48,53)(H,49,55)(H,51,54,56)/t28-,37?/m1/s1. The van der Waals surface area contributed by atoms with Crippen LogP contribution in [0.15, 0.2) is 72.8 Å². The number of carbonyl (C=O) groups is 6. The fourth-order valence-corrected chi connectivity index (χ4v) is 8.80. The van der Waals surface area contributed by atoms with Crippen LogP contribution in [0.4, 0.5) is 11.4 Å². The Balaban J connectivity index is 0.834. The van der Waals surface area contributed by atoms with Crippen molar-refractivity contribution in [2.45, 2.75) is 89.9 Å². The van der Waals surface area contributed by atoms with Crippen LogP contribution in [0, 0.1) is 6.92 Å². The molecule has 6 N–H and O–H groups in total. The van der Waals surface area contributed by atoms with E-state index in [1.54, 1.807) is 29.5 Å². The summed E-state index contributed by atoms with van der Waals surface area (Å²) in [6.45, 7) is 6.92. The Morgan fingerprint density at radius 2 is 1.71 bits per heavy atom. The van der Waals surface area contributed by atoms with Crippen molar-refractivity contribution >= 4 is 58.2 Å². The van der Waals surface area contributed by atoms with Gasteiger partial charge >= 0.3 is 0 Å². The Kier molecular flexibility index (Phi) is 13.2. The highest BCUT2D eigenvalue weighted by Gasteiger charge is 2.45. The van der Waals surface area contributed by atoms with Gasteiger partial charge < -0.3 is 26.6 Å². The second-order valence-electron chi connectivity index (χ2n) is 15.5. The molecule has 13 nitrogen and oxygen atoms in total. The monoisotopic (exact) mass is 817 g/mol. The molecule has 7 rings (SSSR count). The molecule has 0 saturated carbocycles. The number of benzene rings is 3. The lowest BCUT2D eigenvalue weighted by molar-refractivity contribution is -0.136. The molecule has 0 spiro atoms. The van der Waals surface area contributed by atoms with E-state index in [0.717, 1.165) is 75.8 Å². The first-order valence-corrected chi connectivity index (χ1v) is 21.3. The van der Waals surface area contributed by atoms with E-state index in [1.165, 1.54) is 0 Å². The van der Waals surface area contributed by atoms with E-state index in [2.05, 4.69) is 50.1 Å². The normalized spacial score (nSPS) is 17.3. The molecule has 2 saturated heterocycles. The van der Waals surface area contributed by atoms with Gasteiger partial charge in [-0.15, -0.1) is 11.3 Å². The van der Waals surface area contributed by atoms with Gasteiger partial charge in [-0.3, -0.25) is 39.0 Å². The molecule has 59 heavy (non-hydrogen) atoms. The molecule has 1 unspecified atom stereocenters. The molecule has 3 aliphatic heterocycles. The van der Waals surface area contributed by atoms with E-state index in [9.17, 15) is 28.8 Å². The van der Waals surface area contributed by atoms with Crippen molar-refractivity contribution < 1.29 is 28.8 Å². The van der Waals surface area contributed by atoms with Crippen molar-refractivity contribution in [1.29, 1.82) is 0 Å². The molecule has 6 amide bonds. The molecule has 2 atom stereocenters. The first-order valence-electron chi connectivity index (χ1n) is 20.5. The number of nitrogens with zero attached hydrogens (tertiary/aromatic N) is 1.